The zero-order chi connectivity index (χ0) is 14.9. The van der Waals surface area contributed by atoms with E-state index < -0.39 is 11.5 Å². The minimum Gasteiger partial charge on any atom is -0.480 e. The van der Waals surface area contributed by atoms with Crippen molar-refractivity contribution in [1.82, 2.24) is 5.32 Å². The van der Waals surface area contributed by atoms with E-state index in [2.05, 4.69) is 21.2 Å². The van der Waals surface area contributed by atoms with Gasteiger partial charge >= 0.3 is 5.97 Å². The van der Waals surface area contributed by atoms with Crippen molar-refractivity contribution in [2.45, 2.75) is 38.1 Å². The van der Waals surface area contributed by atoms with Crippen molar-refractivity contribution in [2.24, 2.45) is 5.92 Å². The second-order valence-corrected chi connectivity index (χ2v) is 6.40. The normalized spacial score (nSPS) is 23.8. The molecule has 3 unspecified atom stereocenters. The first kappa shape index (κ1) is 15.0. The Bertz CT molecular complexity index is 546. The molecule has 0 radical (unpaired) electrons. The summed E-state index contributed by atoms with van der Waals surface area (Å²) in [6.07, 6.45) is 1.14. The number of carboxylic acid groups (broad SMARTS) is 1. The van der Waals surface area contributed by atoms with E-state index in [-0.39, 0.29) is 17.7 Å². The molecule has 2 N–H and O–H groups in total. The van der Waals surface area contributed by atoms with E-state index in [1.165, 1.54) is 0 Å². The lowest BCUT2D eigenvalue weighted by molar-refractivity contribution is -0.147. The van der Waals surface area contributed by atoms with Crippen LogP contribution in [-0.2, 0) is 9.59 Å². The molecule has 20 heavy (non-hydrogen) atoms. The maximum atomic E-state index is 12.2. The zero-order valence-corrected chi connectivity index (χ0v) is 13.1. The summed E-state index contributed by atoms with van der Waals surface area (Å²) >= 11 is 3.42. The summed E-state index contributed by atoms with van der Waals surface area (Å²) in [4.78, 5) is 23.4. The number of amides is 1. The lowest BCUT2D eigenvalue weighted by Crippen LogP contribution is -2.52. The number of halogens is 1. The van der Waals surface area contributed by atoms with Gasteiger partial charge in [0.15, 0.2) is 0 Å². The van der Waals surface area contributed by atoms with Crippen LogP contribution in [0.3, 0.4) is 0 Å². The fourth-order valence-electron chi connectivity index (χ4n) is 2.25. The molecule has 0 saturated heterocycles. The van der Waals surface area contributed by atoms with Gasteiger partial charge < -0.3 is 10.4 Å². The van der Waals surface area contributed by atoms with Crippen LogP contribution in [0, 0.1) is 5.92 Å². The number of rotatable bonds is 5. The van der Waals surface area contributed by atoms with E-state index in [1.807, 2.05) is 24.3 Å². The minimum atomic E-state index is -1.18. The summed E-state index contributed by atoms with van der Waals surface area (Å²) < 4.78 is 0.991. The molecular weight excluding hydrogens is 322 g/mol. The van der Waals surface area contributed by atoms with Gasteiger partial charge in [0, 0.05) is 10.4 Å². The first-order valence-corrected chi connectivity index (χ1v) is 7.47. The van der Waals surface area contributed by atoms with E-state index in [0.717, 1.165) is 16.5 Å². The topological polar surface area (TPSA) is 66.4 Å². The van der Waals surface area contributed by atoms with Crippen LogP contribution >= 0.6 is 15.9 Å². The Hall–Kier alpha value is -1.36. The van der Waals surface area contributed by atoms with Gasteiger partial charge in [-0.15, -0.1) is 0 Å². The molecule has 0 aliphatic heterocycles. The Labute approximate surface area is 126 Å². The van der Waals surface area contributed by atoms with Gasteiger partial charge in [0.1, 0.15) is 5.54 Å². The van der Waals surface area contributed by atoms with Gasteiger partial charge in [-0.1, -0.05) is 35.0 Å². The maximum Gasteiger partial charge on any atom is 0.329 e. The van der Waals surface area contributed by atoms with Gasteiger partial charge in [-0.05, 0) is 43.4 Å². The molecule has 5 heteroatoms. The molecule has 1 aliphatic carbocycles. The average molecular weight is 340 g/mol. The van der Waals surface area contributed by atoms with Crippen molar-refractivity contribution >= 4 is 27.8 Å². The van der Waals surface area contributed by atoms with Gasteiger partial charge in [0.2, 0.25) is 5.91 Å². The third-order valence-electron chi connectivity index (χ3n) is 3.98. The monoisotopic (exact) mass is 339 g/mol. The molecule has 0 heterocycles. The van der Waals surface area contributed by atoms with Gasteiger partial charge in [-0.2, -0.15) is 0 Å². The van der Waals surface area contributed by atoms with E-state index in [0.29, 0.717) is 6.42 Å². The van der Waals surface area contributed by atoms with Gasteiger partial charge in [-0.3, -0.25) is 4.79 Å². The number of nitrogens with one attached hydrogen (secondary N) is 1. The molecule has 3 atom stereocenters. The summed E-state index contributed by atoms with van der Waals surface area (Å²) in [5, 5.41) is 11.9. The first-order valence-electron chi connectivity index (χ1n) is 6.68. The zero-order valence-electron chi connectivity index (χ0n) is 11.5. The molecule has 1 aromatic carbocycles. The molecule has 1 aliphatic rings. The second kappa shape index (κ2) is 5.56. The predicted molar refractivity (Wildman–Crippen MR) is 79.5 cm³/mol. The van der Waals surface area contributed by atoms with Crippen molar-refractivity contribution < 1.29 is 14.7 Å². The van der Waals surface area contributed by atoms with Gasteiger partial charge in [-0.25, -0.2) is 4.79 Å². The van der Waals surface area contributed by atoms with Gasteiger partial charge in [0.05, 0.1) is 0 Å². The highest BCUT2D eigenvalue weighted by Gasteiger charge is 2.46. The quantitative estimate of drug-likeness (QED) is 0.866. The SMILES string of the molecule is CCC(C)(NC(=O)C1CC1c1cccc(Br)c1)C(=O)O. The van der Waals surface area contributed by atoms with Crippen molar-refractivity contribution in [1.29, 1.82) is 0 Å². The Morgan fingerprint density at radius 3 is 2.75 bits per heavy atom. The smallest absolute Gasteiger partial charge is 0.329 e. The molecule has 0 aromatic heterocycles. The van der Waals surface area contributed by atoms with Crippen LogP contribution in [-0.4, -0.2) is 22.5 Å². The van der Waals surface area contributed by atoms with E-state index in [9.17, 15) is 14.7 Å². The number of benzene rings is 1. The summed E-state index contributed by atoms with van der Waals surface area (Å²) in [7, 11) is 0. The van der Waals surface area contributed by atoms with Crippen LogP contribution in [0.2, 0.25) is 0 Å². The summed E-state index contributed by atoms with van der Waals surface area (Å²) in [5.74, 6) is -1.08. The van der Waals surface area contributed by atoms with Crippen molar-refractivity contribution in [2.75, 3.05) is 0 Å². The molecule has 1 aromatic rings. The van der Waals surface area contributed by atoms with Crippen molar-refractivity contribution in [3.05, 3.63) is 34.3 Å². The molecule has 0 bridgehead atoms. The summed E-state index contributed by atoms with van der Waals surface area (Å²) in [5.41, 5.74) is -0.0605. The lowest BCUT2D eigenvalue weighted by atomic mass is 9.98. The number of hydrogen-bond acceptors (Lipinski definition) is 2. The molecule has 0 spiro atoms. The highest BCUT2D eigenvalue weighted by molar-refractivity contribution is 9.10. The molecule has 108 valence electrons. The first-order chi connectivity index (χ1) is 9.37. The molecule has 2 rings (SSSR count). The Kier molecular flexibility index (Phi) is 4.18. The highest BCUT2D eigenvalue weighted by atomic mass is 79.9. The third-order valence-corrected chi connectivity index (χ3v) is 4.48. The molecule has 1 saturated carbocycles. The van der Waals surface area contributed by atoms with Gasteiger partial charge in [0.25, 0.3) is 0 Å². The third kappa shape index (κ3) is 3.03. The van der Waals surface area contributed by atoms with E-state index in [1.54, 1.807) is 13.8 Å². The van der Waals surface area contributed by atoms with E-state index >= 15 is 0 Å². The fraction of sp³-hybridized carbons (Fsp3) is 0.467. The number of hydrogen-bond donors (Lipinski definition) is 2. The molecular formula is C15H18BrNO3. The average Bonchev–Trinajstić information content (AvgIpc) is 3.18. The summed E-state index contributed by atoms with van der Waals surface area (Å²) in [6.45, 7) is 3.30. The fourth-order valence-corrected chi connectivity index (χ4v) is 2.67. The number of carbonyl (C=O) groups excluding carboxylic acids is 1. The Balaban J connectivity index is 2.02. The van der Waals surface area contributed by atoms with Crippen LogP contribution in [0.4, 0.5) is 0 Å². The van der Waals surface area contributed by atoms with Crippen LogP contribution in [0.5, 0.6) is 0 Å². The summed E-state index contributed by atoms with van der Waals surface area (Å²) in [6, 6.07) is 7.90. The lowest BCUT2D eigenvalue weighted by Gasteiger charge is -2.24. The van der Waals surface area contributed by atoms with E-state index in [4.69, 9.17) is 0 Å². The van der Waals surface area contributed by atoms with Crippen LogP contribution in [0.15, 0.2) is 28.7 Å². The standard InChI is InChI=1S/C15H18BrNO3/c1-3-15(2,14(19)20)17-13(18)12-8-11(12)9-5-4-6-10(16)7-9/h4-7,11-12H,3,8H2,1-2H3,(H,17,18)(H,19,20). The number of carboxylic acids is 1. The van der Waals surface area contributed by atoms with Crippen LogP contribution < -0.4 is 5.32 Å². The Morgan fingerprint density at radius 1 is 1.50 bits per heavy atom. The largest absolute Gasteiger partial charge is 0.480 e. The van der Waals surface area contributed by atoms with Crippen molar-refractivity contribution in [3.8, 4) is 0 Å². The van der Waals surface area contributed by atoms with Crippen LogP contribution in [0.25, 0.3) is 0 Å². The molecule has 1 fully saturated rings. The Morgan fingerprint density at radius 2 is 2.20 bits per heavy atom. The van der Waals surface area contributed by atoms with Crippen LogP contribution in [0.1, 0.15) is 38.2 Å². The minimum absolute atomic E-state index is 0.116. The highest BCUT2D eigenvalue weighted by Crippen LogP contribution is 2.48. The number of carbonyl (C=O) groups is 2. The second-order valence-electron chi connectivity index (χ2n) is 5.48. The maximum absolute atomic E-state index is 12.2. The predicted octanol–water partition coefficient (Wildman–Crippen LogP) is 2.92. The molecule has 4 nitrogen and oxygen atoms in total. The number of aliphatic carboxylic acids is 1. The van der Waals surface area contributed by atoms with Crippen molar-refractivity contribution in [3.63, 3.8) is 0 Å². The molecule has 1 amide bonds.